The monoisotopic (exact) mass is 398 g/mol. The molecule has 2 amide bonds. The Morgan fingerprint density at radius 2 is 1.47 bits per heavy atom. The van der Waals surface area contributed by atoms with Crippen molar-refractivity contribution >= 4 is 11.8 Å². The van der Waals surface area contributed by atoms with E-state index < -0.39 is 6.04 Å². The molecule has 1 N–H and O–H groups in total. The average molecular weight is 399 g/mol. The summed E-state index contributed by atoms with van der Waals surface area (Å²) in [4.78, 5) is 28.2. The van der Waals surface area contributed by atoms with Crippen molar-refractivity contribution in [3.8, 4) is 11.1 Å². The van der Waals surface area contributed by atoms with E-state index in [0.717, 1.165) is 22.3 Å². The third kappa shape index (κ3) is 3.86. The predicted molar refractivity (Wildman–Crippen MR) is 119 cm³/mol. The number of carbonyl (C=O) groups excluding carboxylic acids is 2. The SMILES string of the molecule is CC(C)(C)NC(=O)[C@@H]1c2ccccc2C(=O)N1Cc1ccccc1-c1ccccc1. The second-order valence-electron chi connectivity index (χ2n) is 8.69. The quantitative estimate of drug-likeness (QED) is 0.675. The van der Waals surface area contributed by atoms with Crippen LogP contribution in [-0.2, 0) is 11.3 Å². The van der Waals surface area contributed by atoms with Crippen LogP contribution in [-0.4, -0.2) is 22.3 Å². The first-order chi connectivity index (χ1) is 14.3. The number of carbonyl (C=O) groups is 2. The maximum absolute atomic E-state index is 13.3. The van der Waals surface area contributed by atoms with Gasteiger partial charge in [0.25, 0.3) is 5.91 Å². The standard InChI is InChI=1S/C26H26N2O2/c1-26(2,3)27-24(29)23-21-15-9-10-16-22(21)25(30)28(23)17-19-13-7-8-14-20(19)18-11-5-4-6-12-18/h4-16,23H,17H2,1-3H3,(H,27,29)/t23-/m0/s1. The van der Waals surface area contributed by atoms with Gasteiger partial charge in [-0.3, -0.25) is 9.59 Å². The van der Waals surface area contributed by atoms with Crippen molar-refractivity contribution in [3.63, 3.8) is 0 Å². The first-order valence-electron chi connectivity index (χ1n) is 10.2. The number of nitrogens with zero attached hydrogens (tertiary/aromatic N) is 1. The molecule has 3 aromatic rings. The summed E-state index contributed by atoms with van der Waals surface area (Å²) >= 11 is 0. The average Bonchev–Trinajstić information content (AvgIpc) is 3.00. The molecule has 1 aliphatic heterocycles. The van der Waals surface area contributed by atoms with E-state index >= 15 is 0 Å². The van der Waals surface area contributed by atoms with E-state index in [1.165, 1.54) is 0 Å². The van der Waals surface area contributed by atoms with Crippen molar-refractivity contribution in [1.82, 2.24) is 10.2 Å². The van der Waals surface area contributed by atoms with E-state index in [1.54, 1.807) is 11.0 Å². The summed E-state index contributed by atoms with van der Waals surface area (Å²) in [5.41, 5.74) is 4.15. The van der Waals surface area contributed by atoms with Crippen LogP contribution >= 0.6 is 0 Å². The Morgan fingerprint density at radius 3 is 2.17 bits per heavy atom. The Bertz CT molecular complexity index is 1080. The number of nitrogens with one attached hydrogen (secondary N) is 1. The highest BCUT2D eigenvalue weighted by atomic mass is 16.2. The molecule has 0 radical (unpaired) electrons. The van der Waals surface area contributed by atoms with Crippen LogP contribution < -0.4 is 5.32 Å². The normalized spacial score (nSPS) is 15.8. The molecule has 0 spiro atoms. The minimum absolute atomic E-state index is 0.109. The van der Waals surface area contributed by atoms with E-state index in [1.807, 2.05) is 75.4 Å². The van der Waals surface area contributed by atoms with Gasteiger partial charge in [-0.2, -0.15) is 0 Å². The summed E-state index contributed by atoms with van der Waals surface area (Å²) in [6, 6.07) is 24.9. The lowest BCUT2D eigenvalue weighted by molar-refractivity contribution is -0.127. The van der Waals surface area contributed by atoms with Crippen molar-refractivity contribution in [1.29, 1.82) is 0 Å². The van der Waals surface area contributed by atoms with Gasteiger partial charge in [0.2, 0.25) is 5.91 Å². The van der Waals surface area contributed by atoms with Gasteiger partial charge in [0.15, 0.2) is 0 Å². The number of fused-ring (bicyclic) bond motifs is 1. The highest BCUT2D eigenvalue weighted by Crippen LogP contribution is 2.36. The van der Waals surface area contributed by atoms with E-state index in [-0.39, 0.29) is 17.4 Å². The van der Waals surface area contributed by atoms with Crippen molar-refractivity contribution in [2.75, 3.05) is 0 Å². The fourth-order valence-electron chi connectivity index (χ4n) is 3.99. The van der Waals surface area contributed by atoms with Crippen LogP contribution in [0.2, 0.25) is 0 Å². The Hall–Kier alpha value is -3.40. The van der Waals surface area contributed by atoms with E-state index in [9.17, 15) is 9.59 Å². The van der Waals surface area contributed by atoms with E-state index in [4.69, 9.17) is 0 Å². The zero-order valence-corrected chi connectivity index (χ0v) is 17.6. The Labute approximate surface area is 177 Å². The van der Waals surface area contributed by atoms with Crippen LogP contribution in [0.5, 0.6) is 0 Å². The molecule has 1 atom stereocenters. The summed E-state index contributed by atoms with van der Waals surface area (Å²) in [6.07, 6.45) is 0. The molecule has 0 bridgehead atoms. The van der Waals surface area contributed by atoms with Crippen molar-refractivity contribution in [3.05, 3.63) is 95.6 Å². The lowest BCUT2D eigenvalue weighted by Gasteiger charge is -2.29. The number of hydrogen-bond acceptors (Lipinski definition) is 2. The minimum Gasteiger partial charge on any atom is -0.349 e. The molecule has 0 fully saturated rings. The summed E-state index contributed by atoms with van der Waals surface area (Å²) in [6.45, 7) is 6.20. The molecule has 0 aliphatic carbocycles. The molecule has 152 valence electrons. The number of rotatable bonds is 4. The zero-order valence-electron chi connectivity index (χ0n) is 17.6. The number of benzene rings is 3. The molecular formula is C26H26N2O2. The highest BCUT2D eigenvalue weighted by Gasteiger charge is 2.41. The Morgan fingerprint density at radius 1 is 0.867 bits per heavy atom. The smallest absolute Gasteiger partial charge is 0.255 e. The van der Waals surface area contributed by atoms with Gasteiger partial charge < -0.3 is 10.2 Å². The molecule has 0 saturated heterocycles. The molecule has 0 saturated carbocycles. The van der Waals surface area contributed by atoms with E-state index in [0.29, 0.717) is 12.1 Å². The van der Waals surface area contributed by atoms with Gasteiger partial charge >= 0.3 is 0 Å². The van der Waals surface area contributed by atoms with Gasteiger partial charge in [-0.1, -0.05) is 72.8 Å². The zero-order chi connectivity index (χ0) is 21.3. The third-order valence-corrected chi connectivity index (χ3v) is 5.25. The Kier molecular flexibility index (Phi) is 5.17. The molecule has 1 aliphatic rings. The van der Waals surface area contributed by atoms with E-state index in [2.05, 4.69) is 23.5 Å². The first kappa shape index (κ1) is 19.9. The number of hydrogen-bond donors (Lipinski definition) is 1. The van der Waals surface area contributed by atoms with Crippen LogP contribution in [0, 0.1) is 0 Å². The van der Waals surface area contributed by atoms with Crippen LogP contribution in [0.25, 0.3) is 11.1 Å². The highest BCUT2D eigenvalue weighted by molar-refractivity contribution is 6.04. The fourth-order valence-corrected chi connectivity index (χ4v) is 3.99. The molecule has 1 heterocycles. The second-order valence-corrected chi connectivity index (χ2v) is 8.69. The summed E-state index contributed by atoms with van der Waals surface area (Å²) in [7, 11) is 0. The van der Waals surface area contributed by atoms with Gasteiger partial charge in [-0.25, -0.2) is 0 Å². The maximum Gasteiger partial charge on any atom is 0.255 e. The van der Waals surface area contributed by atoms with Crippen LogP contribution in [0.4, 0.5) is 0 Å². The molecule has 0 unspecified atom stereocenters. The molecule has 0 aromatic heterocycles. The third-order valence-electron chi connectivity index (χ3n) is 5.25. The summed E-state index contributed by atoms with van der Waals surface area (Å²) in [5, 5.41) is 3.05. The lowest BCUT2D eigenvalue weighted by Crippen LogP contribution is -2.46. The van der Waals surface area contributed by atoms with Crippen LogP contribution in [0.15, 0.2) is 78.9 Å². The van der Waals surface area contributed by atoms with Crippen LogP contribution in [0.3, 0.4) is 0 Å². The summed E-state index contributed by atoms with van der Waals surface area (Å²) in [5.74, 6) is -0.263. The molecular weight excluding hydrogens is 372 g/mol. The topological polar surface area (TPSA) is 49.4 Å². The number of amides is 2. The van der Waals surface area contributed by atoms with Gasteiger partial charge in [-0.15, -0.1) is 0 Å². The van der Waals surface area contributed by atoms with Gasteiger partial charge in [0.1, 0.15) is 6.04 Å². The molecule has 4 rings (SSSR count). The maximum atomic E-state index is 13.3. The minimum atomic E-state index is -0.642. The molecule has 4 nitrogen and oxygen atoms in total. The Balaban J connectivity index is 1.73. The van der Waals surface area contributed by atoms with Gasteiger partial charge in [-0.05, 0) is 49.1 Å². The largest absolute Gasteiger partial charge is 0.349 e. The van der Waals surface area contributed by atoms with Gasteiger partial charge in [0.05, 0.1) is 0 Å². The van der Waals surface area contributed by atoms with Gasteiger partial charge in [0, 0.05) is 17.6 Å². The first-order valence-corrected chi connectivity index (χ1v) is 10.2. The molecule has 30 heavy (non-hydrogen) atoms. The predicted octanol–water partition coefficient (Wildman–Crippen LogP) is 4.97. The molecule has 3 aromatic carbocycles. The molecule has 4 heteroatoms. The van der Waals surface area contributed by atoms with Crippen molar-refractivity contribution in [2.24, 2.45) is 0 Å². The van der Waals surface area contributed by atoms with Crippen molar-refractivity contribution in [2.45, 2.75) is 38.9 Å². The van der Waals surface area contributed by atoms with Crippen molar-refractivity contribution < 1.29 is 9.59 Å². The summed E-state index contributed by atoms with van der Waals surface area (Å²) < 4.78 is 0. The second kappa shape index (κ2) is 7.79. The van der Waals surface area contributed by atoms with Crippen LogP contribution in [0.1, 0.15) is 48.3 Å². The fraction of sp³-hybridized carbons (Fsp3) is 0.231. The lowest BCUT2D eigenvalue weighted by atomic mass is 9.98.